The van der Waals surface area contributed by atoms with Gasteiger partial charge < -0.3 is 19.8 Å². The van der Waals surface area contributed by atoms with Crippen LogP contribution in [0.25, 0.3) is 11.0 Å². The summed E-state index contributed by atoms with van der Waals surface area (Å²) in [4.78, 5) is 29.9. The van der Waals surface area contributed by atoms with E-state index in [0.717, 1.165) is 10.9 Å². The van der Waals surface area contributed by atoms with Gasteiger partial charge in [-0.1, -0.05) is 54.6 Å². The average molecular weight is 458 g/mol. The number of hydrogen-bond acceptors (Lipinski definition) is 5. The number of rotatable bonds is 9. The molecular formula is C27H27N3O4. The fraction of sp³-hybridized carbons (Fsp3) is 0.222. The number of furan rings is 1. The summed E-state index contributed by atoms with van der Waals surface area (Å²) >= 11 is 0. The topological polar surface area (TPSA) is 93.5 Å². The SMILES string of the molecule is COc1cccc(C(=O)NCC[C@H](Cc2ccccc2)NC(=O)c2c(C)oc3ccccc23)n1. The number of aromatic nitrogens is 1. The molecule has 4 aromatic rings. The highest BCUT2D eigenvalue weighted by Gasteiger charge is 2.21. The summed E-state index contributed by atoms with van der Waals surface area (Å²) < 4.78 is 10.9. The molecule has 4 rings (SSSR count). The van der Waals surface area contributed by atoms with Crippen molar-refractivity contribution in [3.8, 4) is 5.88 Å². The van der Waals surface area contributed by atoms with Gasteiger partial charge in [-0.3, -0.25) is 9.59 Å². The number of fused-ring (bicyclic) bond motifs is 1. The minimum Gasteiger partial charge on any atom is -0.481 e. The molecule has 0 aliphatic carbocycles. The molecule has 0 unspecified atom stereocenters. The monoisotopic (exact) mass is 457 g/mol. The van der Waals surface area contributed by atoms with E-state index < -0.39 is 0 Å². The highest BCUT2D eigenvalue weighted by molar-refractivity contribution is 6.07. The first-order valence-electron chi connectivity index (χ1n) is 11.2. The first-order chi connectivity index (χ1) is 16.5. The van der Waals surface area contributed by atoms with Gasteiger partial charge in [-0.05, 0) is 37.5 Å². The summed E-state index contributed by atoms with van der Waals surface area (Å²) in [5.41, 5.74) is 2.60. The minimum absolute atomic E-state index is 0.191. The van der Waals surface area contributed by atoms with Crippen LogP contribution in [0.3, 0.4) is 0 Å². The minimum atomic E-state index is -0.291. The van der Waals surface area contributed by atoms with E-state index in [1.807, 2.05) is 54.6 Å². The van der Waals surface area contributed by atoms with E-state index in [-0.39, 0.29) is 23.6 Å². The highest BCUT2D eigenvalue weighted by atomic mass is 16.5. The lowest BCUT2D eigenvalue weighted by Crippen LogP contribution is -2.39. The Hall–Kier alpha value is -4.13. The predicted molar refractivity (Wildman–Crippen MR) is 130 cm³/mol. The summed E-state index contributed by atoms with van der Waals surface area (Å²) in [7, 11) is 1.51. The number of nitrogens with one attached hydrogen (secondary N) is 2. The molecule has 0 saturated heterocycles. The second-order valence-electron chi connectivity index (χ2n) is 8.00. The lowest BCUT2D eigenvalue weighted by atomic mass is 10.0. The van der Waals surface area contributed by atoms with Gasteiger partial charge in [0.25, 0.3) is 11.8 Å². The zero-order chi connectivity index (χ0) is 23.9. The first-order valence-corrected chi connectivity index (χ1v) is 11.2. The predicted octanol–water partition coefficient (Wildman–Crippen LogP) is 4.31. The second-order valence-corrected chi connectivity index (χ2v) is 8.00. The number of pyridine rings is 1. The molecule has 2 N–H and O–H groups in total. The Morgan fingerprint density at radius 1 is 0.971 bits per heavy atom. The lowest BCUT2D eigenvalue weighted by Gasteiger charge is -2.19. The number of benzene rings is 2. The molecule has 2 aromatic heterocycles. The number of carbonyl (C=O) groups excluding carboxylic acids is 2. The summed E-state index contributed by atoms with van der Waals surface area (Å²) in [6.07, 6.45) is 1.18. The van der Waals surface area contributed by atoms with Crippen LogP contribution in [0.15, 0.2) is 77.2 Å². The van der Waals surface area contributed by atoms with Gasteiger partial charge in [0.15, 0.2) is 0 Å². The summed E-state index contributed by atoms with van der Waals surface area (Å²) in [6, 6.07) is 22.3. The molecule has 2 amide bonds. The van der Waals surface area contributed by atoms with Crippen molar-refractivity contribution in [1.82, 2.24) is 15.6 Å². The second kappa shape index (κ2) is 10.7. The number of ether oxygens (including phenoxy) is 1. The van der Waals surface area contributed by atoms with Gasteiger partial charge in [-0.2, -0.15) is 0 Å². The Kier molecular flexibility index (Phi) is 7.22. The van der Waals surface area contributed by atoms with Crippen molar-refractivity contribution in [2.45, 2.75) is 25.8 Å². The first kappa shape index (κ1) is 23.0. The van der Waals surface area contributed by atoms with E-state index in [1.165, 1.54) is 7.11 Å². The molecule has 0 saturated carbocycles. The Labute approximate surface area is 198 Å². The van der Waals surface area contributed by atoms with Gasteiger partial charge in [0.2, 0.25) is 5.88 Å². The summed E-state index contributed by atoms with van der Waals surface area (Å²) in [6.45, 7) is 2.17. The fourth-order valence-corrected chi connectivity index (χ4v) is 3.94. The maximum absolute atomic E-state index is 13.2. The molecule has 2 heterocycles. The number of carbonyl (C=O) groups is 2. The summed E-state index contributed by atoms with van der Waals surface area (Å²) in [5, 5.41) is 6.82. The lowest BCUT2D eigenvalue weighted by molar-refractivity contribution is 0.0932. The molecule has 0 fully saturated rings. The molecule has 7 nitrogen and oxygen atoms in total. The van der Waals surface area contributed by atoms with E-state index in [9.17, 15) is 9.59 Å². The van der Waals surface area contributed by atoms with Crippen LogP contribution in [0, 0.1) is 6.92 Å². The van der Waals surface area contributed by atoms with E-state index >= 15 is 0 Å². The van der Waals surface area contributed by atoms with Crippen LogP contribution in [-0.2, 0) is 6.42 Å². The molecule has 0 spiro atoms. The smallest absolute Gasteiger partial charge is 0.270 e. The van der Waals surface area contributed by atoms with E-state index in [1.54, 1.807) is 25.1 Å². The number of methoxy groups -OCH3 is 1. The maximum atomic E-state index is 13.2. The van der Waals surface area contributed by atoms with E-state index in [4.69, 9.17) is 9.15 Å². The fourth-order valence-electron chi connectivity index (χ4n) is 3.94. The number of nitrogens with zero attached hydrogens (tertiary/aromatic N) is 1. The van der Waals surface area contributed by atoms with Crippen LogP contribution in [0.4, 0.5) is 0 Å². The molecule has 7 heteroatoms. The van der Waals surface area contributed by atoms with Crippen LogP contribution in [-0.4, -0.2) is 36.5 Å². The van der Waals surface area contributed by atoms with Crippen LogP contribution in [0.2, 0.25) is 0 Å². The van der Waals surface area contributed by atoms with Gasteiger partial charge in [-0.15, -0.1) is 0 Å². The number of amides is 2. The maximum Gasteiger partial charge on any atom is 0.270 e. The average Bonchev–Trinajstić information content (AvgIpc) is 3.20. The van der Waals surface area contributed by atoms with Crippen LogP contribution >= 0.6 is 0 Å². The van der Waals surface area contributed by atoms with Crippen LogP contribution in [0.1, 0.15) is 38.6 Å². The van der Waals surface area contributed by atoms with Crippen molar-refractivity contribution in [3.05, 3.63) is 95.4 Å². The molecule has 1 atom stereocenters. The van der Waals surface area contributed by atoms with Crippen molar-refractivity contribution in [2.75, 3.05) is 13.7 Å². The molecule has 2 aromatic carbocycles. The van der Waals surface area contributed by atoms with Crippen molar-refractivity contribution >= 4 is 22.8 Å². The zero-order valence-electron chi connectivity index (χ0n) is 19.2. The Bertz CT molecular complexity index is 1280. The number of para-hydroxylation sites is 1. The van der Waals surface area contributed by atoms with Gasteiger partial charge >= 0.3 is 0 Å². The zero-order valence-corrected chi connectivity index (χ0v) is 19.2. The molecule has 0 radical (unpaired) electrons. The molecular weight excluding hydrogens is 430 g/mol. The van der Waals surface area contributed by atoms with Crippen molar-refractivity contribution in [2.24, 2.45) is 0 Å². The Morgan fingerprint density at radius 3 is 2.53 bits per heavy atom. The summed E-state index contributed by atoms with van der Waals surface area (Å²) in [5.74, 6) is 0.476. The highest BCUT2D eigenvalue weighted by Crippen LogP contribution is 2.25. The molecule has 0 aliphatic heterocycles. The number of aryl methyl sites for hydroxylation is 1. The third kappa shape index (κ3) is 5.43. The molecule has 174 valence electrons. The van der Waals surface area contributed by atoms with Gasteiger partial charge in [-0.25, -0.2) is 4.98 Å². The van der Waals surface area contributed by atoms with Gasteiger partial charge in [0, 0.05) is 24.0 Å². The molecule has 34 heavy (non-hydrogen) atoms. The van der Waals surface area contributed by atoms with Crippen molar-refractivity contribution in [1.29, 1.82) is 0 Å². The molecule has 0 aliphatic rings. The quantitative estimate of drug-likeness (QED) is 0.391. The third-order valence-electron chi connectivity index (χ3n) is 5.60. The van der Waals surface area contributed by atoms with Crippen LogP contribution < -0.4 is 15.4 Å². The van der Waals surface area contributed by atoms with Crippen molar-refractivity contribution < 1.29 is 18.7 Å². The van der Waals surface area contributed by atoms with E-state index in [0.29, 0.717) is 42.2 Å². The van der Waals surface area contributed by atoms with Gasteiger partial charge in [0.05, 0.1) is 12.7 Å². The third-order valence-corrected chi connectivity index (χ3v) is 5.60. The normalized spacial score (nSPS) is 11.7. The van der Waals surface area contributed by atoms with E-state index in [2.05, 4.69) is 15.6 Å². The van der Waals surface area contributed by atoms with Crippen LogP contribution in [0.5, 0.6) is 5.88 Å². The standard InChI is InChI=1S/C27H27N3O4/c1-18-25(21-11-6-7-13-23(21)34-18)27(32)29-20(17-19-9-4-3-5-10-19)15-16-28-26(31)22-12-8-14-24(30-22)33-2/h3-14,20H,15-17H2,1-2H3,(H,28,31)(H,29,32)/t20-/m1/s1. The Morgan fingerprint density at radius 2 is 1.74 bits per heavy atom. The Balaban J connectivity index is 1.46. The largest absolute Gasteiger partial charge is 0.481 e. The van der Waals surface area contributed by atoms with Crippen molar-refractivity contribution in [3.63, 3.8) is 0 Å². The number of hydrogen-bond donors (Lipinski definition) is 2. The molecule has 0 bridgehead atoms. The van der Waals surface area contributed by atoms with Gasteiger partial charge in [0.1, 0.15) is 17.0 Å².